The van der Waals surface area contributed by atoms with Crippen molar-refractivity contribution >= 4 is 17.5 Å². The van der Waals surface area contributed by atoms with E-state index in [-0.39, 0.29) is 17.3 Å². The number of hydrogen-bond donors (Lipinski definition) is 0. The van der Waals surface area contributed by atoms with Crippen molar-refractivity contribution in [3.05, 3.63) is 65.7 Å². The van der Waals surface area contributed by atoms with Crippen molar-refractivity contribution in [1.82, 2.24) is 0 Å². The first kappa shape index (κ1) is 14.4. The van der Waals surface area contributed by atoms with Gasteiger partial charge in [-0.05, 0) is 29.5 Å². The summed E-state index contributed by atoms with van der Waals surface area (Å²) in [6.45, 7) is 4.14. The summed E-state index contributed by atoms with van der Waals surface area (Å²) < 4.78 is 0. The summed E-state index contributed by atoms with van der Waals surface area (Å²) in [7, 11) is 0. The molecule has 1 fully saturated rings. The molecule has 0 bridgehead atoms. The molecule has 0 radical (unpaired) electrons. The van der Waals surface area contributed by atoms with Gasteiger partial charge in [0.15, 0.2) is 0 Å². The molecule has 2 heteroatoms. The zero-order chi connectivity index (χ0) is 15.0. The van der Waals surface area contributed by atoms with Gasteiger partial charge in [0.05, 0.1) is 5.92 Å². The van der Waals surface area contributed by atoms with E-state index in [4.69, 9.17) is 0 Å². The van der Waals surface area contributed by atoms with Crippen molar-refractivity contribution in [2.24, 2.45) is 5.41 Å². The Labute approximate surface area is 130 Å². The van der Waals surface area contributed by atoms with Crippen molar-refractivity contribution in [3.63, 3.8) is 0 Å². The van der Waals surface area contributed by atoms with E-state index in [9.17, 15) is 4.79 Å². The van der Waals surface area contributed by atoms with Crippen molar-refractivity contribution in [1.29, 1.82) is 0 Å². The minimum Gasteiger partial charge on any atom is -0.298 e. The number of rotatable bonds is 3. The standard InChI is InChI=1S/C19H20OS/c1-19(2)17(14-9-11-15(21-3)12-10-14)16(18(19)20)13-7-5-4-6-8-13/h4-12,16-17H,1-3H3/t16-,17-/m1/s1. The highest BCUT2D eigenvalue weighted by Crippen LogP contribution is 2.58. The minimum atomic E-state index is -0.276. The average molecular weight is 296 g/mol. The van der Waals surface area contributed by atoms with Crippen LogP contribution in [-0.2, 0) is 4.79 Å². The SMILES string of the molecule is CSc1ccc([C@@H]2[C@@H](c3ccccc3)C(=O)C2(C)C)cc1. The van der Waals surface area contributed by atoms with Gasteiger partial charge in [0.2, 0.25) is 0 Å². The fourth-order valence-corrected chi connectivity index (χ4v) is 3.86. The number of benzene rings is 2. The Morgan fingerprint density at radius 1 is 0.905 bits per heavy atom. The number of carbonyl (C=O) groups is 1. The molecule has 21 heavy (non-hydrogen) atoms. The Bertz CT molecular complexity index is 643. The van der Waals surface area contributed by atoms with Crippen LogP contribution < -0.4 is 0 Å². The molecule has 1 aliphatic rings. The van der Waals surface area contributed by atoms with E-state index in [0.29, 0.717) is 5.78 Å². The monoisotopic (exact) mass is 296 g/mol. The van der Waals surface area contributed by atoms with Gasteiger partial charge in [-0.3, -0.25) is 4.79 Å². The van der Waals surface area contributed by atoms with Gasteiger partial charge in [-0.15, -0.1) is 11.8 Å². The zero-order valence-corrected chi connectivity index (χ0v) is 13.5. The van der Waals surface area contributed by atoms with E-state index in [2.05, 4.69) is 56.5 Å². The maximum Gasteiger partial charge on any atom is 0.147 e. The van der Waals surface area contributed by atoms with Gasteiger partial charge >= 0.3 is 0 Å². The van der Waals surface area contributed by atoms with Gasteiger partial charge in [0, 0.05) is 16.2 Å². The highest BCUT2D eigenvalue weighted by atomic mass is 32.2. The number of Topliss-reactive ketones (excluding diaryl/α,β-unsaturated/α-hetero) is 1. The summed E-state index contributed by atoms with van der Waals surface area (Å²) >= 11 is 1.75. The topological polar surface area (TPSA) is 17.1 Å². The number of carbonyl (C=O) groups excluding carboxylic acids is 1. The molecule has 0 saturated heterocycles. The van der Waals surface area contributed by atoms with Crippen LogP contribution >= 0.6 is 11.8 Å². The molecule has 0 spiro atoms. The molecule has 1 nitrogen and oxygen atoms in total. The molecule has 3 rings (SSSR count). The van der Waals surface area contributed by atoms with Crippen LogP contribution in [-0.4, -0.2) is 12.0 Å². The van der Waals surface area contributed by atoms with Gasteiger partial charge < -0.3 is 0 Å². The third-order valence-electron chi connectivity index (χ3n) is 4.66. The van der Waals surface area contributed by atoms with E-state index in [1.807, 2.05) is 18.2 Å². The molecule has 0 heterocycles. The summed E-state index contributed by atoms with van der Waals surface area (Å²) in [5.74, 6) is 0.622. The molecular formula is C19H20OS. The number of ketones is 1. The lowest BCUT2D eigenvalue weighted by Crippen LogP contribution is -2.50. The highest BCUT2D eigenvalue weighted by molar-refractivity contribution is 7.98. The molecular weight excluding hydrogens is 276 g/mol. The summed E-state index contributed by atoms with van der Waals surface area (Å²) in [5, 5.41) is 0. The Morgan fingerprint density at radius 2 is 1.52 bits per heavy atom. The van der Waals surface area contributed by atoms with Gasteiger partial charge in [-0.2, -0.15) is 0 Å². The predicted octanol–water partition coefficient (Wildman–Crippen LogP) is 4.88. The molecule has 1 aliphatic carbocycles. The quantitative estimate of drug-likeness (QED) is 0.751. The molecule has 0 amide bonds. The normalized spacial score (nSPS) is 23.7. The molecule has 0 N–H and O–H groups in total. The maximum absolute atomic E-state index is 12.6. The van der Waals surface area contributed by atoms with Gasteiger partial charge in [0.1, 0.15) is 5.78 Å². The Hall–Kier alpha value is -1.54. The summed E-state index contributed by atoms with van der Waals surface area (Å²) in [6, 6.07) is 18.8. The molecule has 0 aromatic heterocycles. The third kappa shape index (κ3) is 2.32. The van der Waals surface area contributed by atoms with Crippen LogP contribution in [0.3, 0.4) is 0 Å². The Kier molecular flexibility index (Phi) is 3.66. The first-order chi connectivity index (χ1) is 10.1. The number of hydrogen-bond acceptors (Lipinski definition) is 2. The minimum absolute atomic E-state index is 0.00123. The van der Waals surface area contributed by atoms with Crippen LogP contribution in [0.25, 0.3) is 0 Å². The second-order valence-electron chi connectivity index (χ2n) is 6.23. The first-order valence-corrected chi connectivity index (χ1v) is 8.51. The lowest BCUT2D eigenvalue weighted by molar-refractivity contribution is -0.141. The third-order valence-corrected chi connectivity index (χ3v) is 5.41. The van der Waals surface area contributed by atoms with E-state index in [1.165, 1.54) is 10.5 Å². The summed E-state index contributed by atoms with van der Waals surface area (Å²) in [5.41, 5.74) is 2.13. The van der Waals surface area contributed by atoms with Crippen LogP contribution in [0.4, 0.5) is 0 Å². The highest BCUT2D eigenvalue weighted by Gasteiger charge is 2.56. The van der Waals surface area contributed by atoms with Gasteiger partial charge in [-0.25, -0.2) is 0 Å². The van der Waals surface area contributed by atoms with E-state index in [0.717, 1.165) is 5.56 Å². The average Bonchev–Trinajstić information content (AvgIpc) is 2.53. The van der Waals surface area contributed by atoms with Crippen LogP contribution in [0, 0.1) is 5.41 Å². The van der Waals surface area contributed by atoms with Gasteiger partial charge in [-0.1, -0.05) is 56.3 Å². The van der Waals surface area contributed by atoms with Crippen LogP contribution in [0.2, 0.25) is 0 Å². The fourth-order valence-electron chi connectivity index (χ4n) is 3.45. The molecule has 1 saturated carbocycles. The van der Waals surface area contributed by atoms with E-state index in [1.54, 1.807) is 11.8 Å². The largest absolute Gasteiger partial charge is 0.298 e. The van der Waals surface area contributed by atoms with Gasteiger partial charge in [0.25, 0.3) is 0 Å². The van der Waals surface area contributed by atoms with Crippen molar-refractivity contribution in [2.75, 3.05) is 6.26 Å². The lowest BCUT2D eigenvalue weighted by Gasteiger charge is -2.50. The molecule has 2 aromatic carbocycles. The second kappa shape index (κ2) is 5.34. The molecule has 2 atom stereocenters. The lowest BCUT2D eigenvalue weighted by atomic mass is 9.51. The molecule has 0 aliphatic heterocycles. The zero-order valence-electron chi connectivity index (χ0n) is 12.7. The fraction of sp³-hybridized carbons (Fsp3) is 0.316. The first-order valence-electron chi connectivity index (χ1n) is 7.29. The Morgan fingerprint density at radius 3 is 2.10 bits per heavy atom. The van der Waals surface area contributed by atoms with E-state index < -0.39 is 0 Å². The smallest absolute Gasteiger partial charge is 0.147 e. The maximum atomic E-state index is 12.6. The summed E-state index contributed by atoms with van der Waals surface area (Å²) in [4.78, 5) is 13.8. The molecule has 108 valence electrons. The van der Waals surface area contributed by atoms with Crippen LogP contribution in [0.5, 0.6) is 0 Å². The van der Waals surface area contributed by atoms with Crippen molar-refractivity contribution < 1.29 is 4.79 Å². The predicted molar refractivity (Wildman–Crippen MR) is 88.9 cm³/mol. The van der Waals surface area contributed by atoms with E-state index >= 15 is 0 Å². The van der Waals surface area contributed by atoms with Crippen LogP contribution in [0.1, 0.15) is 36.8 Å². The molecule has 2 aromatic rings. The molecule has 0 unspecified atom stereocenters. The number of thioether (sulfide) groups is 1. The van der Waals surface area contributed by atoms with Crippen molar-refractivity contribution in [3.8, 4) is 0 Å². The summed E-state index contributed by atoms with van der Waals surface area (Å²) in [6.07, 6.45) is 2.08. The Balaban J connectivity index is 1.99. The van der Waals surface area contributed by atoms with Crippen LogP contribution in [0.15, 0.2) is 59.5 Å². The van der Waals surface area contributed by atoms with Crippen molar-refractivity contribution in [2.45, 2.75) is 30.6 Å². The second-order valence-corrected chi connectivity index (χ2v) is 7.10.